The van der Waals surface area contributed by atoms with Crippen LogP contribution in [-0.4, -0.2) is 12.1 Å². The van der Waals surface area contributed by atoms with Crippen molar-refractivity contribution in [2.75, 3.05) is 12.4 Å². The summed E-state index contributed by atoms with van der Waals surface area (Å²) in [5.74, 6) is 1.45. The van der Waals surface area contributed by atoms with Crippen LogP contribution in [0.5, 0.6) is 5.88 Å². The number of fused-ring (bicyclic) bond motifs is 5. The maximum atomic E-state index is 13.3. The number of aromatic nitrogens is 1. The Hall–Kier alpha value is -1.81. The van der Waals surface area contributed by atoms with Crippen molar-refractivity contribution in [2.45, 2.75) is 31.1 Å². The molecule has 0 spiro atoms. The lowest BCUT2D eigenvalue weighted by Crippen LogP contribution is -2.07. The van der Waals surface area contributed by atoms with Gasteiger partial charge in [0.15, 0.2) is 0 Å². The molecule has 4 rings (SSSR count). The SMILES string of the molecule is COc1ncc(Nc2ccc(F)c(Cl)c2)c2c1C1CCC2C1. The minimum absolute atomic E-state index is 0.115. The molecule has 22 heavy (non-hydrogen) atoms. The second-order valence-electron chi connectivity index (χ2n) is 5.97. The smallest absolute Gasteiger partial charge is 0.216 e. The van der Waals surface area contributed by atoms with Crippen LogP contribution in [0.4, 0.5) is 15.8 Å². The molecule has 2 bridgehead atoms. The predicted octanol–water partition coefficient (Wildman–Crippen LogP) is 4.99. The standard InChI is InChI=1S/C17H16ClFN2O/c1-22-17-16-10-3-2-9(6-10)15(16)14(8-20-17)21-11-4-5-13(19)12(18)7-11/h4-5,7-10,21H,2-3,6H2,1H3. The molecule has 2 aromatic rings. The quantitative estimate of drug-likeness (QED) is 0.865. The Morgan fingerprint density at radius 3 is 2.77 bits per heavy atom. The summed E-state index contributed by atoms with van der Waals surface area (Å²) in [6.45, 7) is 0. The van der Waals surface area contributed by atoms with Crippen LogP contribution in [-0.2, 0) is 0 Å². The Bertz CT molecular complexity index is 750. The molecule has 0 radical (unpaired) electrons. The molecule has 2 unspecified atom stereocenters. The number of pyridine rings is 1. The Morgan fingerprint density at radius 2 is 2.05 bits per heavy atom. The molecule has 0 amide bonds. The van der Waals surface area contributed by atoms with Gasteiger partial charge < -0.3 is 10.1 Å². The van der Waals surface area contributed by atoms with Crippen LogP contribution in [0, 0.1) is 5.82 Å². The molecular weight excluding hydrogens is 303 g/mol. The van der Waals surface area contributed by atoms with Crippen LogP contribution in [0.2, 0.25) is 5.02 Å². The lowest BCUT2D eigenvalue weighted by atomic mass is 9.91. The van der Waals surface area contributed by atoms with Gasteiger partial charge in [-0.2, -0.15) is 0 Å². The molecule has 1 saturated carbocycles. The summed E-state index contributed by atoms with van der Waals surface area (Å²) in [6.07, 6.45) is 5.40. The zero-order valence-corrected chi connectivity index (χ0v) is 13.0. The minimum Gasteiger partial charge on any atom is -0.481 e. The van der Waals surface area contributed by atoms with Crippen molar-refractivity contribution in [1.29, 1.82) is 0 Å². The molecule has 1 N–H and O–H groups in total. The van der Waals surface area contributed by atoms with Crippen LogP contribution >= 0.6 is 11.6 Å². The largest absolute Gasteiger partial charge is 0.481 e. The van der Waals surface area contributed by atoms with Crippen LogP contribution in [0.1, 0.15) is 42.2 Å². The molecule has 114 valence electrons. The fourth-order valence-corrected chi connectivity index (χ4v) is 4.04. The van der Waals surface area contributed by atoms with E-state index >= 15 is 0 Å². The number of hydrogen-bond acceptors (Lipinski definition) is 3. The number of methoxy groups -OCH3 is 1. The summed E-state index contributed by atoms with van der Waals surface area (Å²) < 4.78 is 18.7. The number of benzene rings is 1. The number of hydrogen-bond donors (Lipinski definition) is 1. The Kier molecular flexibility index (Phi) is 3.22. The third-order valence-electron chi connectivity index (χ3n) is 4.76. The second-order valence-corrected chi connectivity index (χ2v) is 6.38. The van der Waals surface area contributed by atoms with Crippen molar-refractivity contribution in [3.8, 4) is 5.88 Å². The van der Waals surface area contributed by atoms with Crippen molar-refractivity contribution < 1.29 is 9.13 Å². The highest BCUT2D eigenvalue weighted by molar-refractivity contribution is 6.31. The van der Waals surface area contributed by atoms with Gasteiger partial charge in [0.2, 0.25) is 5.88 Å². The number of rotatable bonds is 3. The van der Waals surface area contributed by atoms with Gasteiger partial charge in [0.25, 0.3) is 0 Å². The molecule has 0 saturated heterocycles. The molecule has 2 aliphatic rings. The first kappa shape index (κ1) is 13.8. The first-order chi connectivity index (χ1) is 10.7. The zero-order chi connectivity index (χ0) is 15.3. The third-order valence-corrected chi connectivity index (χ3v) is 5.05. The van der Waals surface area contributed by atoms with Gasteiger partial charge in [0, 0.05) is 11.3 Å². The van der Waals surface area contributed by atoms with E-state index in [-0.39, 0.29) is 5.02 Å². The highest BCUT2D eigenvalue weighted by Crippen LogP contribution is 2.57. The fourth-order valence-electron chi connectivity index (χ4n) is 3.85. The van der Waals surface area contributed by atoms with E-state index in [1.165, 1.54) is 36.5 Å². The van der Waals surface area contributed by atoms with Gasteiger partial charge in [0.05, 0.1) is 24.0 Å². The van der Waals surface area contributed by atoms with E-state index in [0.717, 1.165) is 17.3 Å². The molecule has 2 atom stereocenters. The van der Waals surface area contributed by atoms with Crippen molar-refractivity contribution in [2.24, 2.45) is 0 Å². The zero-order valence-electron chi connectivity index (χ0n) is 12.2. The average Bonchev–Trinajstić information content (AvgIpc) is 3.13. The van der Waals surface area contributed by atoms with Crippen molar-refractivity contribution in [3.63, 3.8) is 0 Å². The maximum absolute atomic E-state index is 13.3. The average molecular weight is 319 g/mol. The highest BCUT2D eigenvalue weighted by atomic mass is 35.5. The van der Waals surface area contributed by atoms with Gasteiger partial charge >= 0.3 is 0 Å². The number of anilines is 2. The summed E-state index contributed by atoms with van der Waals surface area (Å²) in [7, 11) is 1.67. The van der Waals surface area contributed by atoms with E-state index in [1.54, 1.807) is 25.4 Å². The van der Waals surface area contributed by atoms with Gasteiger partial charge in [-0.15, -0.1) is 0 Å². The van der Waals surface area contributed by atoms with E-state index in [9.17, 15) is 4.39 Å². The number of halogens is 2. The van der Waals surface area contributed by atoms with E-state index in [2.05, 4.69) is 10.3 Å². The summed E-state index contributed by atoms with van der Waals surface area (Å²) >= 11 is 5.86. The first-order valence-corrected chi connectivity index (χ1v) is 7.84. The van der Waals surface area contributed by atoms with E-state index in [0.29, 0.717) is 11.8 Å². The van der Waals surface area contributed by atoms with E-state index in [1.807, 2.05) is 0 Å². The molecule has 0 aliphatic heterocycles. The normalized spacial score (nSPS) is 21.8. The molecule has 1 aromatic heterocycles. The van der Waals surface area contributed by atoms with Gasteiger partial charge in [0.1, 0.15) is 5.82 Å². The number of nitrogens with one attached hydrogen (secondary N) is 1. The Morgan fingerprint density at radius 1 is 1.27 bits per heavy atom. The van der Waals surface area contributed by atoms with Crippen molar-refractivity contribution in [3.05, 3.63) is 46.4 Å². The van der Waals surface area contributed by atoms with Crippen molar-refractivity contribution in [1.82, 2.24) is 4.98 Å². The molecule has 1 fully saturated rings. The van der Waals surface area contributed by atoms with Crippen LogP contribution in [0.15, 0.2) is 24.4 Å². The highest BCUT2D eigenvalue weighted by Gasteiger charge is 2.41. The van der Waals surface area contributed by atoms with Gasteiger partial charge in [-0.3, -0.25) is 0 Å². The van der Waals surface area contributed by atoms with Crippen molar-refractivity contribution >= 4 is 23.0 Å². The van der Waals surface area contributed by atoms with Crippen LogP contribution in [0.25, 0.3) is 0 Å². The van der Waals surface area contributed by atoms with E-state index < -0.39 is 5.82 Å². The molecule has 1 heterocycles. The third kappa shape index (κ3) is 2.05. The van der Waals surface area contributed by atoms with E-state index in [4.69, 9.17) is 16.3 Å². The summed E-state index contributed by atoms with van der Waals surface area (Å²) in [4.78, 5) is 4.43. The van der Waals surface area contributed by atoms with Gasteiger partial charge in [-0.1, -0.05) is 11.6 Å². The summed E-state index contributed by atoms with van der Waals surface area (Å²) in [6, 6.07) is 4.65. The molecule has 1 aromatic carbocycles. The molecular formula is C17H16ClFN2O. The summed E-state index contributed by atoms with van der Waals surface area (Å²) in [5.41, 5.74) is 4.30. The Labute approximate surface area is 133 Å². The lowest BCUT2D eigenvalue weighted by Gasteiger charge is -2.21. The molecule has 2 aliphatic carbocycles. The minimum atomic E-state index is -0.413. The first-order valence-electron chi connectivity index (χ1n) is 7.46. The molecule has 5 heteroatoms. The molecule has 3 nitrogen and oxygen atoms in total. The monoisotopic (exact) mass is 318 g/mol. The number of ether oxygens (including phenoxy) is 1. The predicted molar refractivity (Wildman–Crippen MR) is 84.8 cm³/mol. The maximum Gasteiger partial charge on any atom is 0.216 e. The van der Waals surface area contributed by atoms with Crippen LogP contribution in [0.3, 0.4) is 0 Å². The summed E-state index contributed by atoms with van der Waals surface area (Å²) in [5, 5.41) is 3.45. The second kappa shape index (κ2) is 5.13. The van der Waals surface area contributed by atoms with Gasteiger partial charge in [-0.05, 0) is 54.9 Å². The number of nitrogens with zero attached hydrogens (tertiary/aromatic N) is 1. The topological polar surface area (TPSA) is 34.1 Å². The van der Waals surface area contributed by atoms with Gasteiger partial charge in [-0.25, -0.2) is 9.37 Å². The fraction of sp³-hybridized carbons (Fsp3) is 0.353. The lowest BCUT2D eigenvalue weighted by molar-refractivity contribution is 0.388. The Balaban J connectivity index is 1.75. The van der Waals surface area contributed by atoms with Crippen LogP contribution < -0.4 is 10.1 Å².